The highest BCUT2D eigenvalue weighted by Crippen LogP contribution is 2.20. The standard InChI is InChI=1S/C14H16N2O4/c1-9-5-7-11(20-9)14(19)16-12-4-2-3-10(15-12)6-8-13(17)18/h2-4,6,8-9,11H,5,7H2,1H3,(H,17,18)(H,15,16,19)/b8-6+. The molecule has 1 aromatic rings. The average molecular weight is 276 g/mol. The molecule has 1 saturated heterocycles. The van der Waals surface area contributed by atoms with Gasteiger partial charge in [-0.15, -0.1) is 0 Å². The van der Waals surface area contributed by atoms with Crippen molar-refractivity contribution < 1.29 is 19.4 Å². The van der Waals surface area contributed by atoms with E-state index in [2.05, 4.69) is 10.3 Å². The van der Waals surface area contributed by atoms with Crippen LogP contribution < -0.4 is 5.32 Å². The third-order valence-corrected chi connectivity index (χ3v) is 2.94. The summed E-state index contributed by atoms with van der Waals surface area (Å²) in [6.07, 6.45) is 3.59. The molecule has 0 spiro atoms. The third-order valence-electron chi connectivity index (χ3n) is 2.94. The van der Waals surface area contributed by atoms with Crippen molar-refractivity contribution in [2.45, 2.75) is 32.0 Å². The molecule has 106 valence electrons. The highest BCUT2D eigenvalue weighted by Gasteiger charge is 2.28. The number of carboxylic acids is 1. The van der Waals surface area contributed by atoms with Crippen LogP contribution in [0.3, 0.4) is 0 Å². The largest absolute Gasteiger partial charge is 0.478 e. The first kappa shape index (κ1) is 14.2. The quantitative estimate of drug-likeness (QED) is 0.817. The minimum absolute atomic E-state index is 0.101. The summed E-state index contributed by atoms with van der Waals surface area (Å²) >= 11 is 0. The molecule has 2 heterocycles. The lowest BCUT2D eigenvalue weighted by Crippen LogP contribution is -2.28. The molecule has 1 aliphatic heterocycles. The van der Waals surface area contributed by atoms with Crippen molar-refractivity contribution in [2.75, 3.05) is 5.32 Å². The van der Waals surface area contributed by atoms with E-state index < -0.39 is 12.1 Å². The Morgan fingerprint density at radius 3 is 2.90 bits per heavy atom. The number of carbonyl (C=O) groups is 2. The first-order valence-electron chi connectivity index (χ1n) is 6.39. The van der Waals surface area contributed by atoms with Gasteiger partial charge in [-0.3, -0.25) is 4.79 Å². The van der Waals surface area contributed by atoms with Gasteiger partial charge in [0.2, 0.25) is 0 Å². The Kier molecular flexibility index (Phi) is 4.47. The van der Waals surface area contributed by atoms with E-state index in [1.165, 1.54) is 6.08 Å². The number of aromatic nitrogens is 1. The van der Waals surface area contributed by atoms with Gasteiger partial charge in [0.1, 0.15) is 11.9 Å². The molecule has 0 aliphatic carbocycles. The van der Waals surface area contributed by atoms with Crippen molar-refractivity contribution in [1.29, 1.82) is 0 Å². The fourth-order valence-corrected chi connectivity index (χ4v) is 1.97. The fraction of sp³-hybridized carbons (Fsp3) is 0.357. The third kappa shape index (κ3) is 3.89. The Bertz CT molecular complexity index is 542. The maximum Gasteiger partial charge on any atom is 0.328 e. The zero-order valence-electron chi connectivity index (χ0n) is 11.1. The van der Waals surface area contributed by atoms with Crippen LogP contribution in [0.2, 0.25) is 0 Å². The second-order valence-corrected chi connectivity index (χ2v) is 4.62. The molecule has 0 bridgehead atoms. The lowest BCUT2D eigenvalue weighted by molar-refractivity contribution is -0.131. The number of ether oxygens (including phenoxy) is 1. The van der Waals surface area contributed by atoms with Crippen LogP contribution in [0.4, 0.5) is 5.82 Å². The summed E-state index contributed by atoms with van der Waals surface area (Å²) in [5.74, 6) is -0.888. The minimum Gasteiger partial charge on any atom is -0.478 e. The first-order valence-corrected chi connectivity index (χ1v) is 6.39. The second-order valence-electron chi connectivity index (χ2n) is 4.62. The van der Waals surface area contributed by atoms with E-state index in [-0.39, 0.29) is 12.0 Å². The average Bonchev–Trinajstić information content (AvgIpc) is 2.84. The topological polar surface area (TPSA) is 88.5 Å². The van der Waals surface area contributed by atoms with E-state index in [4.69, 9.17) is 9.84 Å². The monoisotopic (exact) mass is 276 g/mol. The number of aliphatic carboxylic acids is 1. The number of rotatable bonds is 4. The van der Waals surface area contributed by atoms with Gasteiger partial charge in [0.05, 0.1) is 11.8 Å². The molecular formula is C14H16N2O4. The molecule has 0 radical (unpaired) electrons. The molecule has 1 amide bonds. The lowest BCUT2D eigenvalue weighted by Gasteiger charge is -2.11. The van der Waals surface area contributed by atoms with Crippen LogP contribution in [-0.4, -0.2) is 34.2 Å². The Hall–Kier alpha value is -2.21. The van der Waals surface area contributed by atoms with Crippen LogP contribution in [0.5, 0.6) is 0 Å². The predicted octanol–water partition coefficient (Wildman–Crippen LogP) is 1.69. The zero-order chi connectivity index (χ0) is 14.5. The number of hydrogen-bond acceptors (Lipinski definition) is 4. The van der Waals surface area contributed by atoms with Gasteiger partial charge in [-0.1, -0.05) is 6.07 Å². The first-order chi connectivity index (χ1) is 9.54. The number of carboxylic acid groups (broad SMARTS) is 1. The highest BCUT2D eigenvalue weighted by atomic mass is 16.5. The molecule has 2 unspecified atom stereocenters. The molecule has 6 heteroatoms. The number of nitrogens with one attached hydrogen (secondary N) is 1. The molecular weight excluding hydrogens is 260 g/mol. The molecule has 2 N–H and O–H groups in total. The van der Waals surface area contributed by atoms with Crippen LogP contribution in [0.25, 0.3) is 6.08 Å². The second kappa shape index (κ2) is 6.29. The SMILES string of the molecule is CC1CCC(C(=O)Nc2cccc(/C=C/C(=O)O)n2)O1. The molecule has 1 fully saturated rings. The van der Waals surface area contributed by atoms with Gasteiger partial charge in [0.15, 0.2) is 0 Å². The Morgan fingerprint density at radius 2 is 2.25 bits per heavy atom. The summed E-state index contributed by atoms with van der Waals surface area (Å²) in [5, 5.41) is 11.2. The van der Waals surface area contributed by atoms with E-state index in [0.717, 1.165) is 12.5 Å². The molecule has 6 nitrogen and oxygen atoms in total. The van der Waals surface area contributed by atoms with Crippen molar-refractivity contribution in [2.24, 2.45) is 0 Å². The number of pyridine rings is 1. The van der Waals surface area contributed by atoms with Gasteiger partial charge in [-0.05, 0) is 38.0 Å². The van der Waals surface area contributed by atoms with Crippen LogP contribution >= 0.6 is 0 Å². The number of hydrogen-bond donors (Lipinski definition) is 2. The summed E-state index contributed by atoms with van der Waals surface area (Å²) in [7, 11) is 0. The lowest BCUT2D eigenvalue weighted by atomic mass is 10.2. The molecule has 2 atom stereocenters. The van der Waals surface area contributed by atoms with Crippen molar-refractivity contribution in [3.8, 4) is 0 Å². The fourth-order valence-electron chi connectivity index (χ4n) is 1.97. The molecule has 1 aliphatic rings. The minimum atomic E-state index is -1.05. The van der Waals surface area contributed by atoms with E-state index in [1.807, 2.05) is 6.92 Å². The van der Waals surface area contributed by atoms with Gasteiger partial charge in [0.25, 0.3) is 5.91 Å². The molecule has 1 aromatic heterocycles. The van der Waals surface area contributed by atoms with Crippen LogP contribution in [-0.2, 0) is 14.3 Å². The van der Waals surface area contributed by atoms with Gasteiger partial charge < -0.3 is 15.2 Å². The van der Waals surface area contributed by atoms with E-state index in [1.54, 1.807) is 18.2 Å². The summed E-state index contributed by atoms with van der Waals surface area (Å²) in [4.78, 5) is 26.5. The number of amides is 1. The molecule has 0 aromatic carbocycles. The maximum atomic E-state index is 11.9. The number of anilines is 1. The van der Waals surface area contributed by atoms with E-state index >= 15 is 0 Å². The van der Waals surface area contributed by atoms with E-state index in [9.17, 15) is 9.59 Å². The van der Waals surface area contributed by atoms with E-state index in [0.29, 0.717) is 17.9 Å². The van der Waals surface area contributed by atoms with Crippen LogP contribution in [0, 0.1) is 0 Å². The van der Waals surface area contributed by atoms with Gasteiger partial charge in [-0.25, -0.2) is 9.78 Å². The normalized spacial score (nSPS) is 22.1. The van der Waals surface area contributed by atoms with Crippen molar-refractivity contribution in [1.82, 2.24) is 4.98 Å². The van der Waals surface area contributed by atoms with Gasteiger partial charge in [0, 0.05) is 6.08 Å². The summed E-state index contributed by atoms with van der Waals surface area (Å²) in [5.41, 5.74) is 0.464. The molecule has 2 rings (SSSR count). The van der Waals surface area contributed by atoms with Crippen molar-refractivity contribution in [3.63, 3.8) is 0 Å². The maximum absolute atomic E-state index is 11.9. The van der Waals surface area contributed by atoms with Crippen LogP contribution in [0.1, 0.15) is 25.5 Å². The molecule has 0 saturated carbocycles. The van der Waals surface area contributed by atoms with Gasteiger partial charge in [-0.2, -0.15) is 0 Å². The Balaban J connectivity index is 2.00. The Labute approximate surface area is 116 Å². The van der Waals surface area contributed by atoms with Crippen molar-refractivity contribution in [3.05, 3.63) is 30.0 Å². The Morgan fingerprint density at radius 1 is 1.45 bits per heavy atom. The number of carbonyl (C=O) groups excluding carboxylic acids is 1. The summed E-state index contributed by atoms with van der Waals surface area (Å²) in [6, 6.07) is 5.00. The van der Waals surface area contributed by atoms with Crippen molar-refractivity contribution >= 4 is 23.8 Å². The van der Waals surface area contributed by atoms with Crippen LogP contribution in [0.15, 0.2) is 24.3 Å². The van der Waals surface area contributed by atoms with Gasteiger partial charge >= 0.3 is 5.97 Å². The number of nitrogens with zero attached hydrogens (tertiary/aromatic N) is 1. The summed E-state index contributed by atoms with van der Waals surface area (Å²) < 4.78 is 5.47. The zero-order valence-corrected chi connectivity index (χ0v) is 11.1. The highest BCUT2D eigenvalue weighted by molar-refractivity contribution is 5.93. The molecule has 20 heavy (non-hydrogen) atoms. The smallest absolute Gasteiger partial charge is 0.328 e. The summed E-state index contributed by atoms with van der Waals surface area (Å²) in [6.45, 7) is 1.93. The predicted molar refractivity (Wildman–Crippen MR) is 73.1 cm³/mol.